The van der Waals surface area contributed by atoms with Gasteiger partial charge in [-0.2, -0.15) is 4.98 Å². The van der Waals surface area contributed by atoms with E-state index in [-0.39, 0.29) is 30.5 Å². The Morgan fingerprint density at radius 2 is 2.05 bits per heavy atom. The summed E-state index contributed by atoms with van der Waals surface area (Å²) in [5.41, 5.74) is -0.848. The van der Waals surface area contributed by atoms with Crippen LogP contribution in [0.25, 0.3) is 11.0 Å². The lowest BCUT2D eigenvalue weighted by Crippen LogP contribution is -2.33. The van der Waals surface area contributed by atoms with Gasteiger partial charge in [-0.25, -0.2) is 17.5 Å². The van der Waals surface area contributed by atoms with Crippen molar-refractivity contribution in [1.29, 1.82) is 0 Å². The van der Waals surface area contributed by atoms with Crippen LogP contribution in [0.3, 0.4) is 0 Å². The molecule has 2 aliphatic heterocycles. The molecule has 2 aromatic carbocycles. The molecule has 3 N–H and O–H groups in total. The lowest BCUT2D eigenvalue weighted by atomic mass is 10.1. The molecule has 13 nitrogen and oxygen atoms in total. The van der Waals surface area contributed by atoms with Crippen LogP contribution in [0, 0.1) is 10.1 Å². The van der Waals surface area contributed by atoms with Gasteiger partial charge in [0.1, 0.15) is 23.6 Å². The van der Waals surface area contributed by atoms with E-state index in [0.29, 0.717) is 35.9 Å². The number of sulfonamides is 1. The van der Waals surface area contributed by atoms with E-state index in [0.717, 1.165) is 23.6 Å². The number of nitrogens with zero attached hydrogens (tertiary/aromatic N) is 3. The number of anilines is 3. The molecule has 6 rings (SSSR count). The molecule has 0 radical (unpaired) electrons. The molecule has 228 valence electrons. The average molecular weight is 623 g/mol. The van der Waals surface area contributed by atoms with E-state index in [9.17, 15) is 27.7 Å². The highest BCUT2D eigenvalue weighted by molar-refractivity contribution is 7.90. The number of amides is 1. The summed E-state index contributed by atoms with van der Waals surface area (Å²) in [5, 5.41) is 15.2. The van der Waals surface area contributed by atoms with Crippen molar-refractivity contribution in [2.45, 2.75) is 30.0 Å². The minimum atomic E-state index is -4.57. The number of aromatic nitrogens is 2. The number of rotatable bonds is 8. The van der Waals surface area contributed by atoms with Crippen LogP contribution in [-0.2, 0) is 14.8 Å². The SMILES string of the molecule is C[C@H]1CCN(c2ccccc2C(=O)NS(=O)(=O)c2ccc(NCC3(F)C=COC3)c([N+](=O)[O-])c2)c2cc3cc[nH]c3nc2O1. The molecule has 2 aromatic heterocycles. The number of H-pyrrole nitrogens is 1. The Hall–Kier alpha value is -5.18. The van der Waals surface area contributed by atoms with Crippen molar-refractivity contribution in [2.24, 2.45) is 0 Å². The van der Waals surface area contributed by atoms with Crippen LogP contribution in [0.2, 0.25) is 0 Å². The quantitative estimate of drug-likeness (QED) is 0.187. The van der Waals surface area contributed by atoms with Gasteiger partial charge in [0.2, 0.25) is 5.88 Å². The predicted octanol–water partition coefficient (Wildman–Crippen LogP) is 4.56. The molecule has 4 aromatic rings. The second kappa shape index (κ2) is 11.1. The number of fused-ring (bicyclic) bond motifs is 2. The Bertz CT molecular complexity index is 1910. The molecular formula is C29H27FN6O7S. The summed E-state index contributed by atoms with van der Waals surface area (Å²) in [6.45, 7) is 1.77. The van der Waals surface area contributed by atoms with Gasteiger partial charge in [0.25, 0.3) is 21.6 Å². The summed E-state index contributed by atoms with van der Waals surface area (Å²) in [4.78, 5) is 33.5. The van der Waals surface area contributed by atoms with E-state index < -0.39 is 37.1 Å². The van der Waals surface area contributed by atoms with Crippen LogP contribution >= 0.6 is 0 Å². The van der Waals surface area contributed by atoms with Crippen molar-refractivity contribution in [3.8, 4) is 5.88 Å². The number of aromatic amines is 1. The normalized spacial score (nSPS) is 19.5. The minimum absolute atomic E-state index is 0.0543. The third kappa shape index (κ3) is 5.60. The molecule has 0 aliphatic carbocycles. The van der Waals surface area contributed by atoms with E-state index >= 15 is 0 Å². The van der Waals surface area contributed by atoms with Gasteiger partial charge in [-0.05, 0) is 49.4 Å². The van der Waals surface area contributed by atoms with Gasteiger partial charge < -0.3 is 24.7 Å². The fourth-order valence-electron chi connectivity index (χ4n) is 5.04. The second-order valence-electron chi connectivity index (χ2n) is 10.5. The largest absolute Gasteiger partial charge is 0.498 e. The zero-order valence-electron chi connectivity index (χ0n) is 23.3. The highest BCUT2D eigenvalue weighted by atomic mass is 32.2. The van der Waals surface area contributed by atoms with E-state index in [2.05, 4.69) is 15.3 Å². The van der Waals surface area contributed by atoms with Gasteiger partial charge in [-0.1, -0.05) is 12.1 Å². The highest BCUT2D eigenvalue weighted by Crippen LogP contribution is 2.39. The number of para-hydroxylation sites is 1. The average Bonchev–Trinajstić information content (AvgIpc) is 3.61. The maximum absolute atomic E-state index is 14.6. The van der Waals surface area contributed by atoms with Crippen molar-refractivity contribution in [2.75, 3.05) is 29.9 Å². The molecule has 1 unspecified atom stereocenters. The number of carbonyl (C=O) groups excluding carboxylic acids is 1. The van der Waals surface area contributed by atoms with Gasteiger partial charge in [-0.3, -0.25) is 14.9 Å². The first-order chi connectivity index (χ1) is 21.0. The Kier molecular flexibility index (Phi) is 7.33. The third-order valence-electron chi connectivity index (χ3n) is 7.35. The molecule has 0 bridgehead atoms. The van der Waals surface area contributed by atoms with E-state index in [1.807, 2.05) is 28.7 Å². The van der Waals surface area contributed by atoms with Gasteiger partial charge in [0.05, 0.1) is 40.0 Å². The topological polar surface area (TPSA) is 169 Å². The van der Waals surface area contributed by atoms with Crippen molar-refractivity contribution < 1.29 is 32.0 Å². The monoisotopic (exact) mass is 622 g/mol. The summed E-state index contributed by atoms with van der Waals surface area (Å²) < 4.78 is 54.3. The van der Waals surface area contributed by atoms with Crippen LogP contribution in [0.4, 0.5) is 27.1 Å². The van der Waals surface area contributed by atoms with Crippen LogP contribution in [0.5, 0.6) is 5.88 Å². The number of hydrogen-bond donors (Lipinski definition) is 3. The fraction of sp³-hybridized carbons (Fsp3) is 0.241. The first-order valence-corrected chi connectivity index (χ1v) is 15.1. The summed E-state index contributed by atoms with van der Waals surface area (Å²) in [5.74, 6) is -0.572. The summed E-state index contributed by atoms with van der Waals surface area (Å²) in [6.07, 6.45) is 4.56. The van der Waals surface area contributed by atoms with Crippen molar-refractivity contribution in [1.82, 2.24) is 14.7 Å². The summed E-state index contributed by atoms with van der Waals surface area (Å²) >= 11 is 0. The van der Waals surface area contributed by atoms with Gasteiger partial charge >= 0.3 is 0 Å². The summed E-state index contributed by atoms with van der Waals surface area (Å²) in [6, 6.07) is 13.3. The second-order valence-corrected chi connectivity index (χ2v) is 12.2. The van der Waals surface area contributed by atoms with Crippen molar-refractivity contribution >= 4 is 49.7 Å². The molecule has 0 saturated heterocycles. The Morgan fingerprint density at radius 3 is 2.82 bits per heavy atom. The Balaban J connectivity index is 1.29. The standard InChI is InChI=1S/C29H27FN6O7S/c1-18-9-12-35(25-14-19-8-11-31-26(19)33-28(25)43-18)23-5-3-2-4-21(23)27(37)34-44(40,41)20-6-7-22(24(15-20)36(38)39)32-16-29(30)10-13-42-17-29/h2-8,10-11,13-15,18,32H,9,12,16-17H2,1H3,(H,31,33)(H,34,37)/t18-,29?/m0/s1. The first kappa shape index (κ1) is 28.9. The number of carbonyl (C=O) groups is 1. The van der Waals surface area contributed by atoms with Crippen LogP contribution in [-0.4, -0.2) is 60.7 Å². The fourth-order valence-corrected chi connectivity index (χ4v) is 6.02. The number of nitro groups is 1. The minimum Gasteiger partial charge on any atom is -0.498 e. The molecule has 0 saturated carbocycles. The van der Waals surface area contributed by atoms with Crippen LogP contribution < -0.4 is 19.7 Å². The Labute approximate surface area is 250 Å². The van der Waals surface area contributed by atoms with E-state index in [1.54, 1.807) is 24.4 Å². The number of alkyl halides is 1. The molecule has 4 heterocycles. The number of pyridine rings is 1. The van der Waals surface area contributed by atoms with Crippen molar-refractivity contribution in [3.63, 3.8) is 0 Å². The summed E-state index contributed by atoms with van der Waals surface area (Å²) in [7, 11) is -4.57. The van der Waals surface area contributed by atoms with Gasteiger partial charge in [-0.15, -0.1) is 0 Å². The van der Waals surface area contributed by atoms with E-state index in [4.69, 9.17) is 9.47 Å². The molecule has 2 atom stereocenters. The van der Waals surface area contributed by atoms with Gasteiger partial charge in [0, 0.05) is 30.6 Å². The number of nitrogens with one attached hydrogen (secondary N) is 3. The zero-order valence-corrected chi connectivity index (χ0v) is 24.1. The lowest BCUT2D eigenvalue weighted by molar-refractivity contribution is -0.384. The van der Waals surface area contributed by atoms with Crippen LogP contribution in [0.15, 0.2) is 78.0 Å². The molecule has 0 fully saturated rings. The molecule has 2 aliphatic rings. The number of hydrogen-bond acceptors (Lipinski definition) is 10. The highest BCUT2D eigenvalue weighted by Gasteiger charge is 2.33. The molecule has 1 amide bonds. The van der Waals surface area contributed by atoms with Gasteiger partial charge in [0.15, 0.2) is 5.67 Å². The van der Waals surface area contributed by atoms with Crippen LogP contribution in [0.1, 0.15) is 23.7 Å². The molecular weight excluding hydrogens is 595 g/mol. The molecule has 0 spiro atoms. The smallest absolute Gasteiger partial charge is 0.293 e. The number of benzene rings is 2. The van der Waals surface area contributed by atoms with E-state index in [1.165, 1.54) is 18.4 Å². The first-order valence-electron chi connectivity index (χ1n) is 13.6. The maximum Gasteiger partial charge on any atom is 0.293 e. The third-order valence-corrected chi connectivity index (χ3v) is 8.67. The molecule has 44 heavy (non-hydrogen) atoms. The number of halogens is 1. The lowest BCUT2D eigenvalue weighted by Gasteiger charge is -2.25. The molecule has 15 heteroatoms. The Morgan fingerprint density at radius 1 is 1.23 bits per heavy atom. The number of ether oxygens (including phenoxy) is 2. The van der Waals surface area contributed by atoms with Crippen molar-refractivity contribution in [3.05, 3.63) is 88.8 Å². The maximum atomic E-state index is 14.6. The number of nitro benzene ring substituents is 1. The predicted molar refractivity (Wildman–Crippen MR) is 159 cm³/mol. The zero-order chi connectivity index (χ0) is 31.1.